The van der Waals surface area contributed by atoms with Gasteiger partial charge in [-0.15, -0.1) is 0 Å². The minimum atomic E-state index is -3.83. The molecule has 24 heavy (non-hydrogen) atoms. The number of anilines is 1. The number of carboxylic acids is 1. The van der Waals surface area contributed by atoms with Gasteiger partial charge in [0.25, 0.3) is 10.0 Å². The number of hydrogen-bond acceptors (Lipinski definition) is 3. The number of rotatable bonds is 5. The topological polar surface area (TPSA) is 83.5 Å². The molecule has 0 saturated carbocycles. The summed E-state index contributed by atoms with van der Waals surface area (Å²) in [7, 11) is -3.83. The number of sulfonamides is 1. The Morgan fingerprint density at radius 2 is 1.67 bits per heavy atom. The number of hydrogen-bond donors (Lipinski definition) is 2. The molecule has 6 heteroatoms. The van der Waals surface area contributed by atoms with Crippen molar-refractivity contribution in [3.63, 3.8) is 0 Å². The zero-order valence-electron chi connectivity index (χ0n) is 13.7. The van der Waals surface area contributed by atoms with Crippen molar-refractivity contribution in [3.8, 4) is 0 Å². The van der Waals surface area contributed by atoms with E-state index in [4.69, 9.17) is 0 Å². The molecular formula is C18H19NO4S. The standard InChI is InChI=1S/C18H19NO4S/c1-12-4-6-15(7-5-12)8-9-24(22,23)19-17-14(3)10-13(2)11-16(17)18(20)21/h4-11,19H,1-3H3,(H,20,21)/b9-8+. The molecule has 0 aliphatic heterocycles. The van der Waals surface area contributed by atoms with Crippen LogP contribution < -0.4 is 4.72 Å². The van der Waals surface area contributed by atoms with Crippen molar-refractivity contribution >= 4 is 27.8 Å². The zero-order valence-corrected chi connectivity index (χ0v) is 14.5. The molecule has 2 N–H and O–H groups in total. The highest BCUT2D eigenvalue weighted by Gasteiger charge is 2.17. The van der Waals surface area contributed by atoms with Gasteiger partial charge in [0, 0.05) is 0 Å². The molecular weight excluding hydrogens is 326 g/mol. The van der Waals surface area contributed by atoms with Crippen LogP contribution >= 0.6 is 0 Å². The lowest BCUT2D eigenvalue weighted by atomic mass is 10.0. The van der Waals surface area contributed by atoms with E-state index in [1.807, 2.05) is 19.1 Å². The van der Waals surface area contributed by atoms with E-state index in [-0.39, 0.29) is 11.3 Å². The smallest absolute Gasteiger partial charge is 0.337 e. The van der Waals surface area contributed by atoms with Gasteiger partial charge in [0.2, 0.25) is 0 Å². The second-order valence-electron chi connectivity index (χ2n) is 5.67. The minimum Gasteiger partial charge on any atom is -0.478 e. The van der Waals surface area contributed by atoms with Gasteiger partial charge in [0.05, 0.1) is 16.7 Å². The average Bonchev–Trinajstić information content (AvgIpc) is 2.49. The second-order valence-corrected chi connectivity index (χ2v) is 7.24. The van der Waals surface area contributed by atoms with Crippen molar-refractivity contribution in [2.45, 2.75) is 20.8 Å². The minimum absolute atomic E-state index is 0.0696. The summed E-state index contributed by atoms with van der Waals surface area (Å²) in [6, 6.07) is 10.5. The first kappa shape index (κ1) is 17.7. The van der Waals surface area contributed by atoms with Crippen LogP contribution in [0.15, 0.2) is 41.8 Å². The number of aryl methyl sites for hydroxylation is 3. The summed E-state index contributed by atoms with van der Waals surface area (Å²) in [6.45, 7) is 5.37. The molecule has 126 valence electrons. The summed E-state index contributed by atoms with van der Waals surface area (Å²) in [5.41, 5.74) is 3.14. The van der Waals surface area contributed by atoms with Gasteiger partial charge in [-0.2, -0.15) is 0 Å². The fraction of sp³-hybridized carbons (Fsp3) is 0.167. The monoisotopic (exact) mass is 345 g/mol. The zero-order chi connectivity index (χ0) is 17.9. The van der Waals surface area contributed by atoms with Crippen LogP contribution in [-0.2, 0) is 10.0 Å². The highest BCUT2D eigenvalue weighted by molar-refractivity contribution is 7.95. The largest absolute Gasteiger partial charge is 0.478 e. The lowest BCUT2D eigenvalue weighted by Crippen LogP contribution is -2.14. The Kier molecular flexibility index (Phi) is 5.09. The van der Waals surface area contributed by atoms with Gasteiger partial charge in [-0.25, -0.2) is 13.2 Å². The Morgan fingerprint density at radius 3 is 2.25 bits per heavy atom. The number of benzene rings is 2. The Hall–Kier alpha value is -2.60. The van der Waals surface area contributed by atoms with Crippen molar-refractivity contribution in [1.82, 2.24) is 0 Å². The second kappa shape index (κ2) is 6.88. The van der Waals surface area contributed by atoms with Gasteiger partial charge in [-0.1, -0.05) is 35.9 Å². The lowest BCUT2D eigenvalue weighted by molar-refractivity contribution is 0.0698. The van der Waals surface area contributed by atoms with Crippen LogP contribution in [0.25, 0.3) is 6.08 Å². The molecule has 0 aromatic heterocycles. The van der Waals surface area contributed by atoms with Crippen LogP contribution in [0.1, 0.15) is 32.6 Å². The maximum absolute atomic E-state index is 12.3. The van der Waals surface area contributed by atoms with Gasteiger partial charge >= 0.3 is 5.97 Å². The summed E-state index contributed by atoms with van der Waals surface area (Å²) >= 11 is 0. The molecule has 0 aliphatic carbocycles. The normalized spacial score (nSPS) is 11.6. The molecule has 0 saturated heterocycles. The quantitative estimate of drug-likeness (QED) is 0.865. The van der Waals surface area contributed by atoms with E-state index in [0.29, 0.717) is 5.56 Å². The summed E-state index contributed by atoms with van der Waals surface area (Å²) in [4.78, 5) is 11.4. The van der Waals surface area contributed by atoms with Crippen LogP contribution in [0, 0.1) is 20.8 Å². The third-order valence-electron chi connectivity index (χ3n) is 3.47. The molecule has 0 radical (unpaired) electrons. The van der Waals surface area contributed by atoms with Crippen molar-refractivity contribution in [2.75, 3.05) is 4.72 Å². The third-order valence-corrected chi connectivity index (χ3v) is 4.45. The average molecular weight is 345 g/mol. The lowest BCUT2D eigenvalue weighted by Gasteiger charge is -2.12. The Bertz CT molecular complexity index is 897. The first-order chi connectivity index (χ1) is 11.2. The highest BCUT2D eigenvalue weighted by Crippen LogP contribution is 2.24. The molecule has 0 bridgehead atoms. The maximum Gasteiger partial charge on any atom is 0.337 e. The summed E-state index contributed by atoms with van der Waals surface area (Å²) in [5, 5.41) is 10.3. The fourth-order valence-corrected chi connectivity index (χ4v) is 3.25. The van der Waals surface area contributed by atoms with Crippen LogP contribution in [0.3, 0.4) is 0 Å². The van der Waals surface area contributed by atoms with Gasteiger partial charge in [0.1, 0.15) is 0 Å². The highest BCUT2D eigenvalue weighted by atomic mass is 32.2. The number of aromatic carboxylic acids is 1. The Balaban J connectivity index is 2.32. The third kappa shape index (κ3) is 4.45. The van der Waals surface area contributed by atoms with E-state index >= 15 is 0 Å². The molecule has 2 aromatic rings. The number of nitrogens with one attached hydrogen (secondary N) is 1. The van der Waals surface area contributed by atoms with Crippen LogP contribution in [-0.4, -0.2) is 19.5 Å². The van der Waals surface area contributed by atoms with Crippen molar-refractivity contribution in [1.29, 1.82) is 0 Å². The van der Waals surface area contributed by atoms with E-state index in [1.165, 1.54) is 12.1 Å². The van der Waals surface area contributed by atoms with E-state index < -0.39 is 16.0 Å². The van der Waals surface area contributed by atoms with E-state index in [0.717, 1.165) is 22.1 Å². The predicted octanol–water partition coefficient (Wildman–Crippen LogP) is 3.72. The first-order valence-electron chi connectivity index (χ1n) is 7.30. The summed E-state index contributed by atoms with van der Waals surface area (Å²) in [6.07, 6.45) is 1.46. The maximum atomic E-state index is 12.3. The van der Waals surface area contributed by atoms with Gasteiger partial charge < -0.3 is 5.11 Å². The predicted molar refractivity (Wildman–Crippen MR) is 95.6 cm³/mol. The van der Waals surface area contributed by atoms with Gasteiger partial charge in [-0.05, 0) is 49.6 Å². The SMILES string of the molecule is Cc1ccc(/C=C/S(=O)(=O)Nc2c(C)cc(C)cc2C(=O)O)cc1. The van der Waals surface area contributed by atoms with Crippen molar-refractivity contribution in [3.05, 3.63) is 69.6 Å². The number of carbonyl (C=O) groups is 1. The Morgan fingerprint density at radius 1 is 1.04 bits per heavy atom. The Labute approximate surface area is 141 Å². The molecule has 0 aliphatic rings. The van der Waals surface area contributed by atoms with E-state index in [1.54, 1.807) is 32.0 Å². The molecule has 5 nitrogen and oxygen atoms in total. The van der Waals surface area contributed by atoms with Crippen LogP contribution in [0.4, 0.5) is 5.69 Å². The summed E-state index contributed by atoms with van der Waals surface area (Å²) < 4.78 is 26.9. The molecule has 0 fully saturated rings. The summed E-state index contributed by atoms with van der Waals surface area (Å²) in [5.74, 6) is -1.18. The van der Waals surface area contributed by atoms with Gasteiger partial charge in [0.15, 0.2) is 0 Å². The fourth-order valence-electron chi connectivity index (χ4n) is 2.29. The van der Waals surface area contributed by atoms with Crippen molar-refractivity contribution in [2.24, 2.45) is 0 Å². The van der Waals surface area contributed by atoms with Crippen LogP contribution in [0.5, 0.6) is 0 Å². The first-order valence-corrected chi connectivity index (χ1v) is 8.85. The van der Waals surface area contributed by atoms with E-state index in [2.05, 4.69) is 4.72 Å². The molecule has 0 spiro atoms. The molecule has 0 heterocycles. The van der Waals surface area contributed by atoms with E-state index in [9.17, 15) is 18.3 Å². The molecule has 2 aromatic carbocycles. The molecule has 2 rings (SSSR count). The number of carboxylic acid groups (broad SMARTS) is 1. The molecule has 0 amide bonds. The van der Waals surface area contributed by atoms with Crippen LogP contribution in [0.2, 0.25) is 0 Å². The van der Waals surface area contributed by atoms with Gasteiger partial charge in [-0.3, -0.25) is 4.72 Å². The van der Waals surface area contributed by atoms with Crippen molar-refractivity contribution < 1.29 is 18.3 Å². The molecule has 0 atom stereocenters. The molecule has 0 unspecified atom stereocenters.